The highest BCUT2D eigenvalue weighted by Crippen LogP contribution is 2.41. The molecule has 6 nitrogen and oxygen atoms in total. The number of benzene rings is 3. The molecule has 4 aromatic rings. The van der Waals surface area contributed by atoms with Gasteiger partial charge in [0.1, 0.15) is 11.3 Å². The lowest BCUT2D eigenvalue weighted by Crippen LogP contribution is -2.42. The quantitative estimate of drug-likeness (QED) is 0.342. The first-order valence-electron chi connectivity index (χ1n) is 10.9. The molecule has 1 fully saturated rings. The number of phenolic OH excluding ortho intramolecular Hbond substituents is 2. The number of likely N-dealkylation sites (N-methyl/N-ethyl adjacent to an activating group) is 1. The summed E-state index contributed by atoms with van der Waals surface area (Å²) in [4.78, 5) is 15.6. The summed E-state index contributed by atoms with van der Waals surface area (Å²) < 4.78 is 12.3. The summed E-state index contributed by atoms with van der Waals surface area (Å²) >= 11 is 0. The number of nitrogens with zero attached hydrogens (tertiary/aromatic N) is 1. The van der Waals surface area contributed by atoms with Gasteiger partial charge in [-0.1, -0.05) is 18.2 Å². The van der Waals surface area contributed by atoms with E-state index in [2.05, 4.69) is 4.90 Å². The van der Waals surface area contributed by atoms with Gasteiger partial charge in [-0.3, -0.25) is 4.79 Å². The predicted molar refractivity (Wildman–Crippen MR) is 126 cm³/mol. The molecule has 0 unspecified atom stereocenters. The predicted octanol–water partition coefficient (Wildman–Crippen LogP) is 4.99. The molecule has 0 spiro atoms. The number of hydrogen-bond donors (Lipinski definition) is 2. The van der Waals surface area contributed by atoms with Gasteiger partial charge in [0.25, 0.3) is 0 Å². The number of aromatic hydroxyl groups is 2. The third-order valence-electron chi connectivity index (χ3n) is 6.71. The molecule has 3 atom stereocenters. The van der Waals surface area contributed by atoms with E-state index >= 15 is 0 Å². The largest absolute Gasteiger partial charge is 0.507 e. The lowest BCUT2D eigenvalue weighted by molar-refractivity contribution is -0.0829. The summed E-state index contributed by atoms with van der Waals surface area (Å²) in [5, 5.41) is 23.5. The van der Waals surface area contributed by atoms with Crippen LogP contribution in [-0.4, -0.2) is 41.4 Å². The zero-order valence-corrected chi connectivity index (χ0v) is 18.7. The van der Waals surface area contributed by atoms with E-state index in [-0.39, 0.29) is 40.1 Å². The summed E-state index contributed by atoms with van der Waals surface area (Å²) in [7, 11) is 4.09. The number of aryl methyl sites for hydroxylation is 1. The van der Waals surface area contributed by atoms with E-state index in [9.17, 15) is 15.0 Å². The molecule has 2 N–H and O–H groups in total. The minimum Gasteiger partial charge on any atom is -0.507 e. The first kappa shape index (κ1) is 20.8. The average molecular weight is 434 g/mol. The van der Waals surface area contributed by atoms with Gasteiger partial charge in [-0.15, -0.1) is 0 Å². The van der Waals surface area contributed by atoms with Crippen LogP contribution in [-0.2, 0) is 4.74 Å². The monoisotopic (exact) mass is 433 g/mol. The summed E-state index contributed by atoms with van der Waals surface area (Å²) in [6.07, 6.45) is 1.46. The molecular weight excluding hydrogens is 406 g/mol. The van der Waals surface area contributed by atoms with Crippen LogP contribution in [0.4, 0.5) is 0 Å². The van der Waals surface area contributed by atoms with Crippen molar-refractivity contribution in [3.63, 3.8) is 0 Å². The summed E-state index contributed by atoms with van der Waals surface area (Å²) in [5.41, 5.74) is 1.73. The Bertz CT molecular complexity index is 1420. The molecule has 1 aliphatic heterocycles. The van der Waals surface area contributed by atoms with Crippen LogP contribution in [0.2, 0.25) is 0 Å². The van der Waals surface area contributed by atoms with Crippen LogP contribution in [0.25, 0.3) is 32.7 Å². The fraction of sp³-hybridized carbons (Fsp3) is 0.346. The van der Waals surface area contributed by atoms with Crippen LogP contribution in [0.1, 0.15) is 37.0 Å². The summed E-state index contributed by atoms with van der Waals surface area (Å²) in [6.45, 7) is 3.93. The number of fused-ring (bicyclic) bond motifs is 4. The first-order valence-corrected chi connectivity index (χ1v) is 10.9. The second kappa shape index (κ2) is 7.50. The SMILES string of the molecule is Cc1cc(O)c2c(ccc3oc4c(O)c([C@H]5CC[C@H](N(C)C)[C@H](C)O5)ccc4c(=O)c32)c1. The molecule has 1 aromatic heterocycles. The van der Waals surface area contributed by atoms with E-state index < -0.39 is 0 Å². The maximum absolute atomic E-state index is 13.4. The number of rotatable bonds is 2. The molecule has 0 saturated carbocycles. The van der Waals surface area contributed by atoms with Crippen molar-refractivity contribution >= 4 is 32.7 Å². The lowest BCUT2D eigenvalue weighted by Gasteiger charge is -2.38. The molecule has 6 heteroatoms. The summed E-state index contributed by atoms with van der Waals surface area (Å²) in [5.74, 6) is -0.0200. The molecule has 32 heavy (non-hydrogen) atoms. The highest BCUT2D eigenvalue weighted by Gasteiger charge is 2.32. The Kier molecular flexibility index (Phi) is 4.87. The Morgan fingerprint density at radius 1 is 1.03 bits per heavy atom. The van der Waals surface area contributed by atoms with Gasteiger partial charge in [0.2, 0.25) is 5.43 Å². The van der Waals surface area contributed by atoms with E-state index in [4.69, 9.17) is 9.15 Å². The molecule has 5 rings (SSSR count). The van der Waals surface area contributed by atoms with E-state index in [1.807, 2.05) is 40.1 Å². The molecule has 1 aliphatic rings. The molecule has 0 aliphatic carbocycles. The zero-order chi connectivity index (χ0) is 22.7. The van der Waals surface area contributed by atoms with Gasteiger partial charge in [-0.05, 0) is 69.9 Å². The van der Waals surface area contributed by atoms with Crippen molar-refractivity contribution in [2.75, 3.05) is 14.1 Å². The highest BCUT2D eigenvalue weighted by atomic mass is 16.5. The molecule has 166 valence electrons. The minimum atomic E-state index is -0.279. The van der Waals surface area contributed by atoms with Crippen molar-refractivity contribution in [2.45, 2.75) is 44.9 Å². The van der Waals surface area contributed by atoms with Gasteiger partial charge in [0, 0.05) is 17.0 Å². The van der Waals surface area contributed by atoms with E-state index in [0.29, 0.717) is 28.0 Å². The van der Waals surface area contributed by atoms with Crippen LogP contribution in [0.15, 0.2) is 45.6 Å². The van der Waals surface area contributed by atoms with Gasteiger partial charge in [-0.25, -0.2) is 0 Å². The Balaban J connectivity index is 1.68. The van der Waals surface area contributed by atoms with Crippen LogP contribution in [0.3, 0.4) is 0 Å². The number of phenols is 2. The van der Waals surface area contributed by atoms with Gasteiger partial charge in [0.05, 0.1) is 23.0 Å². The van der Waals surface area contributed by atoms with Gasteiger partial charge in [-0.2, -0.15) is 0 Å². The molecule has 0 amide bonds. The molecule has 3 aromatic carbocycles. The first-order chi connectivity index (χ1) is 15.3. The molecule has 1 saturated heterocycles. The minimum absolute atomic E-state index is 0.0141. The van der Waals surface area contributed by atoms with E-state index in [1.165, 1.54) is 0 Å². The average Bonchev–Trinajstić information content (AvgIpc) is 2.74. The van der Waals surface area contributed by atoms with Crippen molar-refractivity contribution in [1.29, 1.82) is 0 Å². The second-order valence-electron chi connectivity index (χ2n) is 9.07. The number of ether oxygens (including phenoxy) is 1. The molecule has 0 bridgehead atoms. The topological polar surface area (TPSA) is 83.1 Å². The Labute approximate surface area is 185 Å². The maximum Gasteiger partial charge on any atom is 0.201 e. The van der Waals surface area contributed by atoms with Crippen molar-refractivity contribution in [3.8, 4) is 11.5 Å². The fourth-order valence-electron chi connectivity index (χ4n) is 5.14. The van der Waals surface area contributed by atoms with Gasteiger partial charge < -0.3 is 24.3 Å². The maximum atomic E-state index is 13.4. The van der Waals surface area contributed by atoms with Gasteiger partial charge >= 0.3 is 0 Å². The molecule has 2 heterocycles. The number of hydrogen-bond acceptors (Lipinski definition) is 6. The zero-order valence-electron chi connectivity index (χ0n) is 18.7. The second-order valence-corrected chi connectivity index (χ2v) is 9.07. The Hall–Kier alpha value is -3.09. The fourth-order valence-corrected chi connectivity index (χ4v) is 5.14. The highest BCUT2D eigenvalue weighted by molar-refractivity contribution is 6.11. The van der Waals surface area contributed by atoms with Crippen LogP contribution in [0.5, 0.6) is 11.5 Å². The normalized spacial score (nSPS) is 21.7. The summed E-state index contributed by atoms with van der Waals surface area (Å²) in [6, 6.07) is 10.8. The lowest BCUT2D eigenvalue weighted by atomic mass is 9.93. The van der Waals surface area contributed by atoms with E-state index in [1.54, 1.807) is 24.3 Å². The third-order valence-corrected chi connectivity index (χ3v) is 6.71. The van der Waals surface area contributed by atoms with Crippen molar-refractivity contribution in [2.24, 2.45) is 0 Å². The smallest absolute Gasteiger partial charge is 0.201 e. The van der Waals surface area contributed by atoms with E-state index in [0.717, 1.165) is 23.8 Å². The molecular formula is C26H27NO5. The van der Waals surface area contributed by atoms with Crippen LogP contribution >= 0.6 is 0 Å². The standard InChI is InChI=1S/C26H27NO5/c1-13-11-15-5-9-21-23(22(15)19(28)12-13)24(29)17-7-6-16(25(30)26(17)32-21)20-10-8-18(27(3)4)14(2)31-20/h5-7,9,11-12,14,18,20,28,30H,8,10H2,1-4H3/t14-,18-,20+/m0/s1. The molecule has 0 radical (unpaired) electrons. The third kappa shape index (κ3) is 3.14. The Morgan fingerprint density at radius 2 is 1.81 bits per heavy atom. The van der Waals surface area contributed by atoms with Crippen LogP contribution in [0, 0.1) is 6.92 Å². The van der Waals surface area contributed by atoms with Crippen molar-refractivity contribution in [1.82, 2.24) is 4.90 Å². The Morgan fingerprint density at radius 3 is 2.53 bits per heavy atom. The van der Waals surface area contributed by atoms with Crippen LogP contribution < -0.4 is 5.43 Å². The van der Waals surface area contributed by atoms with Crippen molar-refractivity contribution < 1.29 is 19.4 Å². The van der Waals surface area contributed by atoms with Crippen molar-refractivity contribution in [3.05, 3.63) is 57.7 Å². The van der Waals surface area contributed by atoms with Gasteiger partial charge in [0.15, 0.2) is 11.3 Å².